The van der Waals surface area contributed by atoms with Crippen molar-refractivity contribution >= 4 is 17.4 Å². The quantitative estimate of drug-likeness (QED) is 0.478. The molecule has 124 valence electrons. The minimum absolute atomic E-state index is 0.0628. The zero-order valence-corrected chi connectivity index (χ0v) is 14.0. The number of aliphatic carboxylic acids is 1. The number of oxime groups is 1. The second kappa shape index (κ2) is 6.94. The molecule has 0 aliphatic carbocycles. The van der Waals surface area contributed by atoms with Crippen LogP contribution in [-0.4, -0.2) is 34.3 Å². The van der Waals surface area contributed by atoms with Crippen LogP contribution in [0.25, 0.3) is 0 Å². The fourth-order valence-electron chi connectivity index (χ4n) is 3.85. The molecule has 1 aliphatic rings. The highest BCUT2D eigenvalue weighted by atomic mass is 16.4. The van der Waals surface area contributed by atoms with Crippen molar-refractivity contribution in [3.8, 4) is 0 Å². The van der Waals surface area contributed by atoms with Gasteiger partial charge in [0.25, 0.3) is 0 Å². The third-order valence-corrected chi connectivity index (χ3v) is 4.58. The molecule has 0 fully saturated rings. The maximum atomic E-state index is 11.4. The molecule has 1 heterocycles. The third kappa shape index (κ3) is 3.00. The first-order valence-corrected chi connectivity index (χ1v) is 8.11. The first-order valence-electron chi connectivity index (χ1n) is 8.11. The van der Waals surface area contributed by atoms with E-state index in [1.54, 1.807) is 0 Å². The monoisotopic (exact) mass is 316 g/mol. The van der Waals surface area contributed by atoms with Gasteiger partial charge in [-0.25, -0.2) is 4.79 Å². The van der Waals surface area contributed by atoms with Gasteiger partial charge in [0.2, 0.25) is 5.71 Å². The largest absolute Gasteiger partial charge is 0.476 e. The number of aryl methyl sites for hydroxylation is 1. The van der Waals surface area contributed by atoms with Crippen LogP contribution in [0.5, 0.6) is 0 Å². The van der Waals surface area contributed by atoms with Crippen LogP contribution in [-0.2, 0) is 10.2 Å². The van der Waals surface area contributed by atoms with Crippen molar-refractivity contribution < 1.29 is 15.1 Å². The van der Waals surface area contributed by atoms with Crippen molar-refractivity contribution in [2.75, 3.05) is 6.54 Å². The first-order chi connectivity index (χ1) is 11.0. The van der Waals surface area contributed by atoms with Crippen LogP contribution >= 0.6 is 0 Å². The van der Waals surface area contributed by atoms with Gasteiger partial charge in [0, 0.05) is 17.5 Å². The van der Waals surface area contributed by atoms with Gasteiger partial charge >= 0.3 is 5.97 Å². The van der Waals surface area contributed by atoms with E-state index in [4.69, 9.17) is 5.21 Å². The summed E-state index contributed by atoms with van der Waals surface area (Å²) in [5, 5.41) is 21.4. The number of benzene rings is 1. The SMILES string of the molecule is CCCC1(CCC)CN=C(/C(=N\O)C(=O)O)c2cccc(C)c21. The van der Waals surface area contributed by atoms with E-state index in [9.17, 15) is 9.90 Å². The minimum atomic E-state index is -1.27. The van der Waals surface area contributed by atoms with E-state index >= 15 is 0 Å². The van der Waals surface area contributed by atoms with Crippen LogP contribution in [0.2, 0.25) is 0 Å². The van der Waals surface area contributed by atoms with Gasteiger partial charge < -0.3 is 10.3 Å². The second-order valence-corrected chi connectivity index (χ2v) is 6.20. The van der Waals surface area contributed by atoms with E-state index in [0.717, 1.165) is 42.4 Å². The molecule has 0 saturated carbocycles. The molecule has 5 heteroatoms. The number of carboxylic acids is 1. The lowest BCUT2D eigenvalue weighted by atomic mass is 9.68. The van der Waals surface area contributed by atoms with E-state index < -0.39 is 11.7 Å². The lowest BCUT2D eigenvalue weighted by Crippen LogP contribution is -2.39. The molecule has 0 radical (unpaired) electrons. The molecule has 23 heavy (non-hydrogen) atoms. The highest BCUT2D eigenvalue weighted by molar-refractivity contribution is 6.68. The average Bonchev–Trinajstić information content (AvgIpc) is 2.50. The smallest absolute Gasteiger partial charge is 0.360 e. The van der Waals surface area contributed by atoms with Gasteiger partial charge in [0.05, 0.1) is 0 Å². The summed E-state index contributed by atoms with van der Waals surface area (Å²) in [7, 11) is 0. The molecule has 2 rings (SSSR count). The summed E-state index contributed by atoms with van der Waals surface area (Å²) in [4.78, 5) is 15.9. The molecule has 0 amide bonds. The fraction of sp³-hybridized carbons (Fsp3) is 0.500. The summed E-state index contributed by atoms with van der Waals surface area (Å²) in [6, 6.07) is 5.83. The Kier molecular flexibility index (Phi) is 5.19. The summed E-state index contributed by atoms with van der Waals surface area (Å²) in [6.07, 6.45) is 4.10. The number of fused-ring (bicyclic) bond motifs is 1. The molecule has 5 nitrogen and oxygen atoms in total. The topological polar surface area (TPSA) is 82.2 Å². The Bertz CT molecular complexity index is 656. The molecule has 2 N–H and O–H groups in total. The highest BCUT2D eigenvalue weighted by Gasteiger charge is 2.39. The van der Waals surface area contributed by atoms with Crippen molar-refractivity contribution in [1.82, 2.24) is 0 Å². The zero-order chi connectivity index (χ0) is 17.0. The molecule has 1 aromatic rings. The van der Waals surface area contributed by atoms with Crippen molar-refractivity contribution in [3.63, 3.8) is 0 Å². The summed E-state index contributed by atoms with van der Waals surface area (Å²) in [5.74, 6) is -1.27. The van der Waals surface area contributed by atoms with Crippen LogP contribution in [0.4, 0.5) is 0 Å². The molecule has 0 bridgehead atoms. The van der Waals surface area contributed by atoms with Gasteiger partial charge in [-0.15, -0.1) is 0 Å². The van der Waals surface area contributed by atoms with Gasteiger partial charge in [-0.1, -0.05) is 50.0 Å². The maximum absolute atomic E-state index is 11.4. The summed E-state index contributed by atoms with van der Waals surface area (Å²) >= 11 is 0. The number of hydrogen-bond donors (Lipinski definition) is 2. The normalized spacial score (nSPS) is 16.7. The average molecular weight is 316 g/mol. The molecule has 0 spiro atoms. The zero-order valence-electron chi connectivity index (χ0n) is 14.0. The van der Waals surface area contributed by atoms with Crippen molar-refractivity contribution in [2.45, 2.75) is 51.9 Å². The third-order valence-electron chi connectivity index (χ3n) is 4.58. The van der Waals surface area contributed by atoms with Gasteiger partial charge in [-0.3, -0.25) is 4.99 Å². The van der Waals surface area contributed by atoms with Crippen LogP contribution in [0.3, 0.4) is 0 Å². The Morgan fingerprint density at radius 2 is 1.96 bits per heavy atom. The Labute approximate surface area is 136 Å². The molecular formula is C18H24N2O3. The summed E-state index contributed by atoms with van der Waals surface area (Å²) < 4.78 is 0. The van der Waals surface area contributed by atoms with Crippen molar-refractivity contribution in [2.24, 2.45) is 10.1 Å². The Morgan fingerprint density at radius 1 is 1.30 bits per heavy atom. The highest BCUT2D eigenvalue weighted by Crippen LogP contribution is 2.41. The van der Waals surface area contributed by atoms with E-state index in [2.05, 4.69) is 37.0 Å². The van der Waals surface area contributed by atoms with E-state index in [1.807, 2.05) is 12.1 Å². The van der Waals surface area contributed by atoms with Gasteiger partial charge in [0.15, 0.2) is 0 Å². The number of hydrogen-bond acceptors (Lipinski definition) is 4. The summed E-state index contributed by atoms with van der Waals surface area (Å²) in [5.41, 5.74) is 2.91. The van der Waals surface area contributed by atoms with Crippen LogP contribution in [0.1, 0.15) is 56.2 Å². The molecule has 0 unspecified atom stereocenters. The number of aliphatic imine (C=N–C) groups is 1. The molecular weight excluding hydrogens is 292 g/mol. The predicted octanol–water partition coefficient (Wildman–Crippen LogP) is 3.55. The maximum Gasteiger partial charge on any atom is 0.360 e. The molecule has 0 saturated heterocycles. The van der Waals surface area contributed by atoms with E-state index in [1.165, 1.54) is 0 Å². The minimum Gasteiger partial charge on any atom is -0.476 e. The number of carboxylic acid groups (broad SMARTS) is 1. The van der Waals surface area contributed by atoms with Crippen LogP contribution in [0.15, 0.2) is 28.3 Å². The van der Waals surface area contributed by atoms with Crippen LogP contribution in [0, 0.1) is 6.92 Å². The van der Waals surface area contributed by atoms with Gasteiger partial charge in [-0.2, -0.15) is 0 Å². The van der Waals surface area contributed by atoms with Gasteiger partial charge in [-0.05, 0) is 30.9 Å². The Balaban J connectivity index is 2.68. The first kappa shape index (κ1) is 17.2. The molecule has 0 aromatic heterocycles. The number of carbonyl (C=O) groups is 1. The van der Waals surface area contributed by atoms with Crippen molar-refractivity contribution in [1.29, 1.82) is 0 Å². The van der Waals surface area contributed by atoms with Crippen molar-refractivity contribution in [3.05, 3.63) is 34.9 Å². The van der Waals surface area contributed by atoms with E-state index in [0.29, 0.717) is 6.54 Å². The standard InChI is InChI=1S/C18H24N2O3/c1-4-9-18(10-5-2)11-19-15(16(20-23)17(21)22)13-8-6-7-12(3)14(13)18/h6-8,23H,4-5,9-11H2,1-3H3,(H,21,22)/b20-16+. The van der Waals surface area contributed by atoms with Crippen LogP contribution < -0.4 is 0 Å². The predicted molar refractivity (Wildman–Crippen MR) is 90.9 cm³/mol. The lowest BCUT2D eigenvalue weighted by Gasteiger charge is -2.39. The second-order valence-electron chi connectivity index (χ2n) is 6.20. The molecule has 1 aromatic carbocycles. The summed E-state index contributed by atoms with van der Waals surface area (Å²) in [6.45, 7) is 6.91. The number of nitrogens with zero attached hydrogens (tertiary/aromatic N) is 2. The number of rotatable bonds is 6. The lowest BCUT2D eigenvalue weighted by molar-refractivity contribution is -0.129. The van der Waals surface area contributed by atoms with E-state index in [-0.39, 0.29) is 11.1 Å². The molecule has 0 atom stereocenters. The molecule has 1 aliphatic heterocycles. The fourth-order valence-corrected chi connectivity index (χ4v) is 3.85. The Morgan fingerprint density at radius 3 is 2.48 bits per heavy atom. The Hall–Kier alpha value is -2.17. The van der Waals surface area contributed by atoms with Gasteiger partial charge in [0.1, 0.15) is 5.71 Å².